The Morgan fingerprint density at radius 2 is 1.78 bits per heavy atom. The lowest BCUT2D eigenvalue weighted by molar-refractivity contribution is -0.703. The minimum Gasteiger partial charge on any atom is -0.497 e. The van der Waals surface area contributed by atoms with Gasteiger partial charge in [-0.25, -0.2) is 0 Å². The van der Waals surface area contributed by atoms with Gasteiger partial charge in [0, 0.05) is 18.1 Å². The Hall–Kier alpha value is -1.22. The quantitative estimate of drug-likeness (QED) is 0.867. The van der Waals surface area contributed by atoms with Crippen molar-refractivity contribution in [3.8, 4) is 11.5 Å². The molecule has 0 bridgehead atoms. The molecule has 3 nitrogen and oxygen atoms in total. The molecule has 100 valence electrons. The Labute approximate surface area is 109 Å². The molecule has 0 saturated heterocycles. The number of hydrogen-bond donors (Lipinski definition) is 1. The predicted octanol–water partition coefficient (Wildman–Crippen LogP) is 1.96. The molecule has 2 N–H and O–H groups in total. The highest BCUT2D eigenvalue weighted by molar-refractivity contribution is 5.38. The van der Waals surface area contributed by atoms with Crippen LogP contribution in [0, 0.1) is 5.92 Å². The molecule has 0 spiro atoms. The predicted molar refractivity (Wildman–Crippen MR) is 72.0 cm³/mol. The van der Waals surface area contributed by atoms with Crippen LogP contribution in [0.3, 0.4) is 0 Å². The standard InChI is InChI=1S/C15H23NO2/c1-11-4-5-13(6-11)16-10-12-7-14(17-2)9-15(8-12)18-3/h7-9,11,13,16H,4-6,10H2,1-3H3/p+1/t11-,13+/m1/s1. The van der Waals surface area contributed by atoms with Gasteiger partial charge in [0.1, 0.15) is 18.0 Å². The largest absolute Gasteiger partial charge is 0.497 e. The summed E-state index contributed by atoms with van der Waals surface area (Å²) in [6.07, 6.45) is 4.08. The fraction of sp³-hybridized carbons (Fsp3) is 0.600. The van der Waals surface area contributed by atoms with Gasteiger partial charge in [-0.2, -0.15) is 0 Å². The molecule has 1 aliphatic rings. The Morgan fingerprint density at radius 3 is 2.28 bits per heavy atom. The summed E-state index contributed by atoms with van der Waals surface area (Å²) in [4.78, 5) is 0. The van der Waals surface area contributed by atoms with Crippen molar-refractivity contribution in [1.29, 1.82) is 0 Å². The Balaban J connectivity index is 1.95. The number of ether oxygens (including phenoxy) is 2. The van der Waals surface area contributed by atoms with E-state index in [1.165, 1.54) is 24.8 Å². The van der Waals surface area contributed by atoms with Crippen LogP contribution >= 0.6 is 0 Å². The summed E-state index contributed by atoms with van der Waals surface area (Å²) in [5, 5.41) is 2.46. The number of rotatable bonds is 5. The van der Waals surface area contributed by atoms with Crippen LogP contribution in [-0.2, 0) is 6.54 Å². The lowest BCUT2D eigenvalue weighted by Crippen LogP contribution is -2.88. The lowest BCUT2D eigenvalue weighted by Gasteiger charge is -2.11. The molecule has 18 heavy (non-hydrogen) atoms. The minimum absolute atomic E-state index is 0.789. The molecule has 1 aromatic rings. The minimum atomic E-state index is 0.789. The summed E-state index contributed by atoms with van der Waals surface area (Å²) in [7, 11) is 3.39. The van der Waals surface area contributed by atoms with Crippen LogP contribution < -0.4 is 14.8 Å². The van der Waals surface area contributed by atoms with E-state index < -0.39 is 0 Å². The van der Waals surface area contributed by atoms with Gasteiger partial charge >= 0.3 is 0 Å². The molecule has 1 fully saturated rings. The van der Waals surface area contributed by atoms with Crippen LogP contribution in [0.25, 0.3) is 0 Å². The van der Waals surface area contributed by atoms with Crippen molar-refractivity contribution in [3.05, 3.63) is 23.8 Å². The molecule has 0 radical (unpaired) electrons. The summed E-state index contributed by atoms with van der Waals surface area (Å²) >= 11 is 0. The van der Waals surface area contributed by atoms with Crippen molar-refractivity contribution in [2.75, 3.05) is 14.2 Å². The van der Waals surface area contributed by atoms with E-state index in [9.17, 15) is 0 Å². The van der Waals surface area contributed by atoms with Gasteiger partial charge in [0.05, 0.1) is 20.3 Å². The highest BCUT2D eigenvalue weighted by Crippen LogP contribution is 2.23. The molecule has 3 heteroatoms. The topological polar surface area (TPSA) is 35.1 Å². The van der Waals surface area contributed by atoms with Crippen molar-refractivity contribution < 1.29 is 14.8 Å². The maximum Gasteiger partial charge on any atom is 0.123 e. The second-order valence-corrected chi connectivity index (χ2v) is 5.34. The second kappa shape index (κ2) is 6.10. The fourth-order valence-electron chi connectivity index (χ4n) is 2.75. The SMILES string of the molecule is COc1cc(C[NH2+][C@H]2CC[C@@H](C)C2)cc(OC)c1. The zero-order valence-corrected chi connectivity index (χ0v) is 11.6. The first-order valence-electron chi connectivity index (χ1n) is 6.76. The first-order chi connectivity index (χ1) is 8.71. The van der Waals surface area contributed by atoms with Gasteiger partial charge in [-0.05, 0) is 30.9 Å². The molecule has 0 aromatic heterocycles. The van der Waals surface area contributed by atoms with Crippen molar-refractivity contribution >= 4 is 0 Å². The van der Waals surface area contributed by atoms with Crippen LogP contribution in [0.2, 0.25) is 0 Å². The zero-order chi connectivity index (χ0) is 13.0. The fourth-order valence-corrected chi connectivity index (χ4v) is 2.75. The van der Waals surface area contributed by atoms with Crippen LogP contribution in [0.4, 0.5) is 0 Å². The summed E-state index contributed by atoms with van der Waals surface area (Å²) in [5.74, 6) is 2.64. The third-order valence-electron chi connectivity index (χ3n) is 3.83. The van der Waals surface area contributed by atoms with Crippen LogP contribution in [-0.4, -0.2) is 20.3 Å². The normalized spacial score (nSPS) is 23.1. The van der Waals surface area contributed by atoms with E-state index in [1.807, 2.05) is 6.07 Å². The van der Waals surface area contributed by atoms with Gasteiger partial charge in [-0.15, -0.1) is 0 Å². The third-order valence-corrected chi connectivity index (χ3v) is 3.83. The van der Waals surface area contributed by atoms with E-state index in [0.717, 1.165) is 30.0 Å². The van der Waals surface area contributed by atoms with Crippen molar-refractivity contribution in [3.63, 3.8) is 0 Å². The summed E-state index contributed by atoms with van der Waals surface area (Å²) in [6.45, 7) is 3.35. The van der Waals surface area contributed by atoms with Crippen LogP contribution in [0.5, 0.6) is 11.5 Å². The van der Waals surface area contributed by atoms with Crippen molar-refractivity contribution in [2.24, 2.45) is 5.92 Å². The maximum absolute atomic E-state index is 5.29. The summed E-state index contributed by atoms with van der Waals surface area (Å²) in [6, 6.07) is 6.90. The van der Waals surface area contributed by atoms with Crippen molar-refractivity contribution in [2.45, 2.75) is 38.8 Å². The average Bonchev–Trinajstić information content (AvgIpc) is 2.81. The first kappa shape index (κ1) is 13.2. The van der Waals surface area contributed by atoms with Crippen molar-refractivity contribution in [1.82, 2.24) is 0 Å². The molecule has 0 unspecified atom stereocenters. The number of benzene rings is 1. The average molecular weight is 250 g/mol. The summed E-state index contributed by atoms with van der Waals surface area (Å²) in [5.41, 5.74) is 1.27. The molecule has 2 atom stereocenters. The van der Waals surface area contributed by atoms with E-state index in [-0.39, 0.29) is 0 Å². The van der Waals surface area contributed by atoms with Gasteiger partial charge in [-0.1, -0.05) is 6.92 Å². The maximum atomic E-state index is 5.29. The first-order valence-corrected chi connectivity index (χ1v) is 6.76. The molecule has 0 amide bonds. The number of quaternary nitrogens is 1. The van der Waals surface area contributed by atoms with E-state index in [2.05, 4.69) is 24.4 Å². The molecule has 1 aromatic carbocycles. The Bertz CT molecular complexity index is 370. The van der Waals surface area contributed by atoms with E-state index in [1.54, 1.807) is 14.2 Å². The number of methoxy groups -OCH3 is 2. The van der Waals surface area contributed by atoms with Gasteiger partial charge in [-0.3, -0.25) is 0 Å². The highest BCUT2D eigenvalue weighted by Gasteiger charge is 2.23. The molecule has 0 heterocycles. The van der Waals surface area contributed by atoms with E-state index in [0.29, 0.717) is 0 Å². The smallest absolute Gasteiger partial charge is 0.123 e. The van der Waals surface area contributed by atoms with E-state index >= 15 is 0 Å². The lowest BCUT2D eigenvalue weighted by atomic mass is 10.1. The second-order valence-electron chi connectivity index (χ2n) is 5.34. The molecule has 0 aliphatic heterocycles. The Kier molecular flexibility index (Phi) is 4.48. The van der Waals surface area contributed by atoms with Gasteiger partial charge in [0.15, 0.2) is 0 Å². The van der Waals surface area contributed by atoms with E-state index in [4.69, 9.17) is 9.47 Å². The molecule has 1 aliphatic carbocycles. The number of nitrogens with two attached hydrogens (primary N) is 1. The molecule has 1 saturated carbocycles. The van der Waals surface area contributed by atoms with Crippen LogP contribution in [0.1, 0.15) is 31.7 Å². The zero-order valence-electron chi connectivity index (χ0n) is 11.6. The van der Waals surface area contributed by atoms with Gasteiger partial charge in [0.2, 0.25) is 0 Å². The highest BCUT2D eigenvalue weighted by atomic mass is 16.5. The summed E-state index contributed by atoms with van der Waals surface area (Å²) < 4.78 is 10.6. The monoisotopic (exact) mass is 250 g/mol. The molecular formula is C15H24NO2+. The molecular weight excluding hydrogens is 226 g/mol. The van der Waals surface area contributed by atoms with Gasteiger partial charge in [0.25, 0.3) is 0 Å². The third kappa shape index (κ3) is 3.39. The molecule has 2 rings (SSSR count). The van der Waals surface area contributed by atoms with Crippen LogP contribution in [0.15, 0.2) is 18.2 Å². The van der Waals surface area contributed by atoms with Gasteiger partial charge < -0.3 is 14.8 Å². The Morgan fingerprint density at radius 1 is 1.11 bits per heavy atom. The number of hydrogen-bond acceptors (Lipinski definition) is 2.